The third kappa shape index (κ3) is 3.78. The molecule has 0 aromatic heterocycles. The molecule has 100 valence electrons. The van der Waals surface area contributed by atoms with Gasteiger partial charge in [-0.05, 0) is 12.8 Å². The van der Waals surface area contributed by atoms with Crippen molar-refractivity contribution >= 4 is 0 Å². The molecule has 4 nitrogen and oxygen atoms in total. The second-order valence-electron chi connectivity index (χ2n) is 4.49. The maximum Gasteiger partial charge on any atom is 0.181 e. The first kappa shape index (κ1) is 13.5. The van der Waals surface area contributed by atoms with Crippen LogP contribution in [-0.4, -0.2) is 37.6 Å². The second kappa shape index (κ2) is 6.85. The van der Waals surface area contributed by atoms with Gasteiger partial charge in [-0.2, -0.15) is 0 Å². The minimum atomic E-state index is -0.880. The molecule has 1 aliphatic rings. The van der Waals surface area contributed by atoms with Crippen molar-refractivity contribution in [2.24, 2.45) is 0 Å². The molecule has 1 fully saturated rings. The standard InChI is InChI=1S/C14H20O4/c1-16-12-7-8-13(17-9-12)10-18-14(15)11-5-3-2-4-6-11/h2-6,12-15H,7-10H2,1H3/t12?,13-,14-/m0/s1. The molecular formula is C14H20O4. The highest BCUT2D eigenvalue weighted by atomic mass is 16.6. The molecule has 1 aromatic rings. The van der Waals surface area contributed by atoms with Crippen LogP contribution in [0, 0.1) is 0 Å². The topological polar surface area (TPSA) is 47.9 Å². The Morgan fingerprint density at radius 3 is 2.72 bits per heavy atom. The number of hydrogen-bond donors (Lipinski definition) is 1. The molecule has 4 heteroatoms. The minimum absolute atomic E-state index is 0.0507. The molecule has 3 atom stereocenters. The lowest BCUT2D eigenvalue weighted by molar-refractivity contribution is -0.154. The molecule has 1 aromatic carbocycles. The summed E-state index contributed by atoms with van der Waals surface area (Å²) < 4.78 is 16.3. The van der Waals surface area contributed by atoms with Crippen molar-refractivity contribution in [1.29, 1.82) is 0 Å². The zero-order chi connectivity index (χ0) is 12.8. The van der Waals surface area contributed by atoms with Gasteiger partial charge in [0.05, 0.1) is 25.4 Å². The van der Waals surface area contributed by atoms with Crippen molar-refractivity contribution in [2.75, 3.05) is 20.3 Å². The van der Waals surface area contributed by atoms with Crippen molar-refractivity contribution < 1.29 is 19.3 Å². The first-order valence-corrected chi connectivity index (χ1v) is 6.28. The van der Waals surface area contributed by atoms with E-state index in [1.54, 1.807) is 7.11 Å². The smallest absolute Gasteiger partial charge is 0.181 e. The molecule has 0 spiro atoms. The van der Waals surface area contributed by atoms with E-state index in [4.69, 9.17) is 14.2 Å². The normalized spacial score (nSPS) is 25.9. The first-order valence-electron chi connectivity index (χ1n) is 6.28. The van der Waals surface area contributed by atoms with E-state index in [0.29, 0.717) is 13.2 Å². The van der Waals surface area contributed by atoms with Gasteiger partial charge in [-0.3, -0.25) is 0 Å². The fourth-order valence-electron chi connectivity index (χ4n) is 2.01. The van der Waals surface area contributed by atoms with Crippen molar-refractivity contribution in [3.05, 3.63) is 35.9 Å². The summed E-state index contributed by atoms with van der Waals surface area (Å²) in [4.78, 5) is 0. The van der Waals surface area contributed by atoms with Crippen LogP contribution in [0.2, 0.25) is 0 Å². The third-order valence-corrected chi connectivity index (χ3v) is 3.19. The predicted octanol–water partition coefficient (Wildman–Crippen LogP) is 1.89. The van der Waals surface area contributed by atoms with Crippen LogP contribution in [-0.2, 0) is 14.2 Å². The Bertz CT molecular complexity index is 333. The summed E-state index contributed by atoms with van der Waals surface area (Å²) in [5, 5.41) is 9.85. The summed E-state index contributed by atoms with van der Waals surface area (Å²) in [6.45, 7) is 1.01. The van der Waals surface area contributed by atoms with Gasteiger partial charge in [0, 0.05) is 12.7 Å². The Labute approximate surface area is 107 Å². The molecule has 0 saturated carbocycles. The Hall–Kier alpha value is -0.940. The molecule has 0 aliphatic carbocycles. The van der Waals surface area contributed by atoms with Crippen LogP contribution < -0.4 is 0 Å². The monoisotopic (exact) mass is 252 g/mol. The van der Waals surface area contributed by atoms with Gasteiger partial charge in [-0.25, -0.2) is 0 Å². The number of ether oxygens (including phenoxy) is 3. The molecule has 1 heterocycles. The van der Waals surface area contributed by atoms with Crippen LogP contribution in [0.4, 0.5) is 0 Å². The van der Waals surface area contributed by atoms with E-state index in [-0.39, 0.29) is 12.2 Å². The number of hydrogen-bond acceptors (Lipinski definition) is 4. The van der Waals surface area contributed by atoms with Crippen molar-refractivity contribution in [3.63, 3.8) is 0 Å². The maximum absolute atomic E-state index is 9.85. The van der Waals surface area contributed by atoms with Crippen LogP contribution >= 0.6 is 0 Å². The summed E-state index contributed by atoms with van der Waals surface area (Å²) in [6, 6.07) is 9.34. The van der Waals surface area contributed by atoms with Crippen LogP contribution in [0.25, 0.3) is 0 Å². The lowest BCUT2D eigenvalue weighted by atomic mass is 10.1. The average molecular weight is 252 g/mol. The predicted molar refractivity (Wildman–Crippen MR) is 67.1 cm³/mol. The fraction of sp³-hybridized carbons (Fsp3) is 0.571. The molecule has 0 bridgehead atoms. The number of aliphatic hydroxyl groups excluding tert-OH is 1. The third-order valence-electron chi connectivity index (χ3n) is 3.19. The maximum atomic E-state index is 9.85. The zero-order valence-electron chi connectivity index (χ0n) is 10.6. The van der Waals surface area contributed by atoms with Crippen LogP contribution in [0.3, 0.4) is 0 Å². The molecule has 1 saturated heterocycles. The molecule has 0 radical (unpaired) electrons. The number of rotatable bonds is 5. The summed E-state index contributed by atoms with van der Waals surface area (Å²) in [5.74, 6) is 0. The highest BCUT2D eigenvalue weighted by Crippen LogP contribution is 2.19. The van der Waals surface area contributed by atoms with Gasteiger partial charge in [0.15, 0.2) is 6.29 Å². The van der Waals surface area contributed by atoms with E-state index < -0.39 is 6.29 Å². The quantitative estimate of drug-likeness (QED) is 0.813. The van der Waals surface area contributed by atoms with Gasteiger partial charge >= 0.3 is 0 Å². The van der Waals surface area contributed by atoms with E-state index >= 15 is 0 Å². The SMILES string of the molecule is COC1CC[C@@H](CO[C@H](O)c2ccccc2)OC1. The fourth-order valence-corrected chi connectivity index (χ4v) is 2.01. The molecule has 1 aliphatic heterocycles. The summed E-state index contributed by atoms with van der Waals surface area (Å²) in [5.41, 5.74) is 0.767. The van der Waals surface area contributed by atoms with E-state index in [1.807, 2.05) is 30.3 Å². The highest BCUT2D eigenvalue weighted by molar-refractivity contribution is 5.15. The molecule has 2 rings (SSSR count). The van der Waals surface area contributed by atoms with Crippen LogP contribution in [0.15, 0.2) is 30.3 Å². The van der Waals surface area contributed by atoms with Crippen LogP contribution in [0.1, 0.15) is 24.7 Å². The first-order chi connectivity index (χ1) is 8.79. The number of methoxy groups -OCH3 is 1. The number of benzene rings is 1. The average Bonchev–Trinajstić information content (AvgIpc) is 2.46. The molecule has 1 N–H and O–H groups in total. The zero-order valence-corrected chi connectivity index (χ0v) is 10.6. The summed E-state index contributed by atoms with van der Waals surface area (Å²) in [7, 11) is 1.70. The summed E-state index contributed by atoms with van der Waals surface area (Å²) in [6.07, 6.45) is 1.25. The lowest BCUT2D eigenvalue weighted by Crippen LogP contribution is -2.33. The molecule has 1 unspecified atom stereocenters. The molecule has 0 amide bonds. The van der Waals surface area contributed by atoms with Gasteiger partial charge in [-0.15, -0.1) is 0 Å². The Kier molecular flexibility index (Phi) is 5.13. The van der Waals surface area contributed by atoms with Gasteiger partial charge < -0.3 is 19.3 Å². The second-order valence-corrected chi connectivity index (χ2v) is 4.49. The number of aliphatic hydroxyl groups is 1. The minimum Gasteiger partial charge on any atom is -0.379 e. The molecule has 18 heavy (non-hydrogen) atoms. The Morgan fingerprint density at radius 1 is 1.33 bits per heavy atom. The van der Waals surface area contributed by atoms with E-state index in [2.05, 4.69) is 0 Å². The lowest BCUT2D eigenvalue weighted by Gasteiger charge is -2.28. The van der Waals surface area contributed by atoms with E-state index in [0.717, 1.165) is 18.4 Å². The Morgan fingerprint density at radius 2 is 2.11 bits per heavy atom. The van der Waals surface area contributed by atoms with Gasteiger partial charge in [-0.1, -0.05) is 30.3 Å². The van der Waals surface area contributed by atoms with E-state index in [9.17, 15) is 5.11 Å². The van der Waals surface area contributed by atoms with Crippen LogP contribution in [0.5, 0.6) is 0 Å². The van der Waals surface area contributed by atoms with E-state index in [1.165, 1.54) is 0 Å². The highest BCUT2D eigenvalue weighted by Gasteiger charge is 2.22. The van der Waals surface area contributed by atoms with Gasteiger partial charge in [0.25, 0.3) is 0 Å². The van der Waals surface area contributed by atoms with Crippen molar-refractivity contribution in [3.8, 4) is 0 Å². The van der Waals surface area contributed by atoms with Gasteiger partial charge in [0.2, 0.25) is 0 Å². The summed E-state index contributed by atoms with van der Waals surface area (Å²) >= 11 is 0. The molecular weight excluding hydrogens is 232 g/mol. The Balaban J connectivity index is 1.72. The largest absolute Gasteiger partial charge is 0.379 e. The van der Waals surface area contributed by atoms with Gasteiger partial charge in [0.1, 0.15) is 0 Å². The van der Waals surface area contributed by atoms with Crippen molar-refractivity contribution in [2.45, 2.75) is 31.3 Å². The van der Waals surface area contributed by atoms with Crippen molar-refractivity contribution in [1.82, 2.24) is 0 Å².